The zero-order valence-electron chi connectivity index (χ0n) is 14.4. The van der Waals surface area contributed by atoms with E-state index < -0.39 is 5.97 Å². The Hall–Kier alpha value is -3.11. The molecule has 1 aliphatic rings. The van der Waals surface area contributed by atoms with E-state index in [9.17, 15) is 10.1 Å². The summed E-state index contributed by atoms with van der Waals surface area (Å²) >= 11 is 0. The van der Waals surface area contributed by atoms with Crippen LogP contribution in [0.25, 0.3) is 16.6 Å². The van der Waals surface area contributed by atoms with Gasteiger partial charge in [0.2, 0.25) is 0 Å². The Kier molecular flexibility index (Phi) is 4.19. The predicted octanol–water partition coefficient (Wildman–Crippen LogP) is 2.84. The Labute approximate surface area is 150 Å². The number of benzene rings is 1. The van der Waals surface area contributed by atoms with Gasteiger partial charge in [0.25, 0.3) is 0 Å². The quantitative estimate of drug-likeness (QED) is 0.676. The number of hydrogen-bond donors (Lipinski definition) is 0. The second kappa shape index (κ2) is 6.65. The van der Waals surface area contributed by atoms with Crippen molar-refractivity contribution in [3.05, 3.63) is 47.9 Å². The van der Waals surface area contributed by atoms with Gasteiger partial charge >= 0.3 is 5.97 Å². The van der Waals surface area contributed by atoms with Crippen LogP contribution in [-0.2, 0) is 9.47 Å². The van der Waals surface area contributed by atoms with Crippen LogP contribution in [-0.4, -0.2) is 40.1 Å². The summed E-state index contributed by atoms with van der Waals surface area (Å²) in [5.41, 5.74) is 2.79. The van der Waals surface area contributed by atoms with Gasteiger partial charge in [-0.05, 0) is 31.5 Å². The normalized spacial score (nSPS) is 16.7. The summed E-state index contributed by atoms with van der Waals surface area (Å²) in [6, 6.07) is 8.35. The molecule has 0 aliphatic carbocycles. The molecule has 1 aromatic carbocycles. The average Bonchev–Trinajstić information content (AvgIpc) is 3.39. The molecule has 4 rings (SSSR count). The van der Waals surface area contributed by atoms with Crippen LogP contribution in [0.2, 0.25) is 0 Å². The van der Waals surface area contributed by atoms with E-state index in [4.69, 9.17) is 9.47 Å². The number of rotatable bonds is 4. The smallest absolute Gasteiger partial charge is 0.341 e. The molecule has 7 nitrogen and oxygen atoms in total. The van der Waals surface area contributed by atoms with Gasteiger partial charge < -0.3 is 14.0 Å². The molecule has 7 heteroatoms. The largest absolute Gasteiger partial charge is 0.462 e. The molecule has 1 atom stereocenters. The standard InChI is InChI=1S/C19H18N4O3/c1-2-26-19(24)14-9-21-23(11-14)15-3-4-18-17(7-15)13(8-20)10-22(18)16-5-6-25-12-16/h3-4,7,9-11,16H,2,5-6,12H2,1H3. The minimum absolute atomic E-state index is 0.255. The van der Waals surface area contributed by atoms with E-state index in [1.54, 1.807) is 17.8 Å². The molecule has 0 saturated carbocycles. The number of nitriles is 1. The molecule has 1 saturated heterocycles. The third-order valence-corrected chi connectivity index (χ3v) is 4.59. The van der Waals surface area contributed by atoms with Crippen molar-refractivity contribution in [2.75, 3.05) is 19.8 Å². The molecular weight excluding hydrogens is 332 g/mol. The minimum atomic E-state index is -0.398. The Bertz CT molecular complexity index is 1010. The van der Waals surface area contributed by atoms with E-state index in [1.807, 2.05) is 24.4 Å². The van der Waals surface area contributed by atoms with Gasteiger partial charge in [0.05, 0.1) is 42.3 Å². The van der Waals surface area contributed by atoms with Crippen molar-refractivity contribution in [3.63, 3.8) is 0 Å². The van der Waals surface area contributed by atoms with Gasteiger partial charge in [0, 0.05) is 29.9 Å². The van der Waals surface area contributed by atoms with Crippen molar-refractivity contribution in [2.45, 2.75) is 19.4 Å². The van der Waals surface area contributed by atoms with Crippen LogP contribution in [0.3, 0.4) is 0 Å². The molecule has 2 aromatic heterocycles. The van der Waals surface area contributed by atoms with Gasteiger partial charge in [-0.2, -0.15) is 10.4 Å². The summed E-state index contributed by atoms with van der Waals surface area (Å²) in [5.74, 6) is -0.398. The summed E-state index contributed by atoms with van der Waals surface area (Å²) in [6.07, 6.45) is 5.95. The van der Waals surface area contributed by atoms with Crippen molar-refractivity contribution in [3.8, 4) is 11.8 Å². The summed E-state index contributed by atoms with van der Waals surface area (Å²) < 4.78 is 14.2. The van der Waals surface area contributed by atoms with E-state index in [1.165, 1.54) is 6.20 Å². The number of fused-ring (bicyclic) bond motifs is 1. The second-order valence-corrected chi connectivity index (χ2v) is 6.17. The summed E-state index contributed by atoms with van der Waals surface area (Å²) in [7, 11) is 0. The summed E-state index contributed by atoms with van der Waals surface area (Å²) in [4.78, 5) is 11.8. The Balaban J connectivity index is 1.74. The van der Waals surface area contributed by atoms with Crippen molar-refractivity contribution < 1.29 is 14.3 Å². The van der Waals surface area contributed by atoms with Crippen LogP contribution in [0.4, 0.5) is 0 Å². The molecule has 0 spiro atoms. The van der Waals surface area contributed by atoms with E-state index in [2.05, 4.69) is 15.7 Å². The Morgan fingerprint density at radius 2 is 2.35 bits per heavy atom. The Morgan fingerprint density at radius 1 is 1.46 bits per heavy atom. The van der Waals surface area contributed by atoms with Crippen molar-refractivity contribution in [1.82, 2.24) is 14.3 Å². The van der Waals surface area contributed by atoms with Gasteiger partial charge in [-0.3, -0.25) is 0 Å². The number of carbonyl (C=O) groups excluding carboxylic acids is 1. The molecule has 0 amide bonds. The fourth-order valence-corrected chi connectivity index (χ4v) is 3.30. The molecule has 26 heavy (non-hydrogen) atoms. The molecule has 132 valence electrons. The van der Waals surface area contributed by atoms with Gasteiger partial charge in [0.15, 0.2) is 0 Å². The first-order chi connectivity index (χ1) is 12.7. The predicted molar refractivity (Wildman–Crippen MR) is 94.2 cm³/mol. The fourth-order valence-electron chi connectivity index (χ4n) is 3.30. The van der Waals surface area contributed by atoms with Crippen LogP contribution >= 0.6 is 0 Å². The van der Waals surface area contributed by atoms with Crippen LogP contribution in [0.5, 0.6) is 0 Å². The first-order valence-corrected chi connectivity index (χ1v) is 8.56. The third kappa shape index (κ3) is 2.74. The zero-order valence-corrected chi connectivity index (χ0v) is 14.4. The van der Waals surface area contributed by atoms with Crippen LogP contribution in [0.15, 0.2) is 36.8 Å². The van der Waals surface area contributed by atoms with E-state index in [0.717, 1.165) is 29.6 Å². The molecule has 3 aromatic rings. The van der Waals surface area contributed by atoms with E-state index in [-0.39, 0.29) is 6.04 Å². The van der Waals surface area contributed by atoms with Gasteiger partial charge in [-0.1, -0.05) is 0 Å². The lowest BCUT2D eigenvalue weighted by molar-refractivity contribution is 0.0526. The van der Waals surface area contributed by atoms with Gasteiger partial charge in [0.1, 0.15) is 6.07 Å². The van der Waals surface area contributed by atoms with Crippen molar-refractivity contribution in [1.29, 1.82) is 5.26 Å². The molecular formula is C19H18N4O3. The SMILES string of the molecule is CCOC(=O)c1cnn(-c2ccc3c(c2)c(C#N)cn3C2CCOC2)c1. The van der Waals surface area contributed by atoms with E-state index >= 15 is 0 Å². The molecule has 0 bridgehead atoms. The van der Waals surface area contributed by atoms with Crippen molar-refractivity contribution in [2.24, 2.45) is 0 Å². The molecule has 0 radical (unpaired) electrons. The number of hydrogen-bond acceptors (Lipinski definition) is 5. The zero-order chi connectivity index (χ0) is 18.1. The highest BCUT2D eigenvalue weighted by atomic mass is 16.5. The lowest BCUT2D eigenvalue weighted by Crippen LogP contribution is -2.07. The maximum absolute atomic E-state index is 11.8. The third-order valence-electron chi connectivity index (χ3n) is 4.59. The number of nitrogens with zero attached hydrogens (tertiary/aromatic N) is 4. The molecule has 1 unspecified atom stereocenters. The molecule has 1 aliphatic heterocycles. The first-order valence-electron chi connectivity index (χ1n) is 8.56. The first kappa shape index (κ1) is 16.4. The summed E-state index contributed by atoms with van der Waals surface area (Å²) in [5, 5.41) is 14.6. The van der Waals surface area contributed by atoms with E-state index in [0.29, 0.717) is 24.3 Å². The highest BCUT2D eigenvalue weighted by Gasteiger charge is 2.21. The topological polar surface area (TPSA) is 82.1 Å². The minimum Gasteiger partial charge on any atom is -0.462 e. The maximum Gasteiger partial charge on any atom is 0.341 e. The maximum atomic E-state index is 11.8. The van der Waals surface area contributed by atoms with Crippen LogP contribution < -0.4 is 0 Å². The number of ether oxygens (including phenoxy) is 2. The second-order valence-electron chi connectivity index (χ2n) is 6.17. The number of carbonyl (C=O) groups is 1. The molecule has 0 N–H and O–H groups in total. The van der Waals surface area contributed by atoms with Crippen molar-refractivity contribution >= 4 is 16.9 Å². The summed E-state index contributed by atoms with van der Waals surface area (Å²) in [6.45, 7) is 3.49. The van der Waals surface area contributed by atoms with Crippen LogP contribution in [0, 0.1) is 11.3 Å². The monoisotopic (exact) mass is 350 g/mol. The molecule has 3 heterocycles. The van der Waals surface area contributed by atoms with Gasteiger partial charge in [-0.25, -0.2) is 9.48 Å². The fraction of sp³-hybridized carbons (Fsp3) is 0.316. The highest BCUT2D eigenvalue weighted by Crippen LogP contribution is 2.30. The van der Waals surface area contributed by atoms with Crippen LogP contribution in [0.1, 0.15) is 35.3 Å². The molecule has 1 fully saturated rings. The number of esters is 1. The lowest BCUT2D eigenvalue weighted by Gasteiger charge is -2.12. The Morgan fingerprint density at radius 3 is 3.08 bits per heavy atom. The number of aromatic nitrogens is 3. The average molecular weight is 350 g/mol. The highest BCUT2D eigenvalue weighted by molar-refractivity contribution is 5.90. The van der Waals surface area contributed by atoms with Gasteiger partial charge in [-0.15, -0.1) is 0 Å². The lowest BCUT2D eigenvalue weighted by atomic mass is 10.1.